The number of benzene rings is 2. The second-order valence-corrected chi connectivity index (χ2v) is 7.08. The summed E-state index contributed by atoms with van der Waals surface area (Å²) in [7, 11) is 5.90. The Morgan fingerprint density at radius 3 is 2.25 bits per heavy atom. The van der Waals surface area contributed by atoms with Gasteiger partial charge in [-0.2, -0.15) is 0 Å². The first kappa shape index (κ1) is 23.2. The maximum Gasteiger partial charge on any atom is 0.257 e. The maximum atomic E-state index is 13.4. The van der Waals surface area contributed by atoms with E-state index in [2.05, 4.69) is 0 Å². The molecule has 1 unspecified atom stereocenters. The SMILES string of the molecule is COc1ccc(N2C(=O)CC(N(CC(OC)OC)C(=O)c3cccc(OC)c3)C2=O)cc1. The Morgan fingerprint density at radius 1 is 1.00 bits per heavy atom. The molecule has 32 heavy (non-hydrogen) atoms. The van der Waals surface area contributed by atoms with Crippen LogP contribution in [0.1, 0.15) is 16.8 Å². The monoisotopic (exact) mass is 442 g/mol. The molecule has 9 heteroatoms. The highest BCUT2D eigenvalue weighted by molar-refractivity contribution is 6.23. The van der Waals surface area contributed by atoms with Crippen molar-refractivity contribution in [2.75, 3.05) is 39.9 Å². The molecule has 0 aromatic heterocycles. The van der Waals surface area contributed by atoms with Gasteiger partial charge in [-0.1, -0.05) is 6.07 Å². The van der Waals surface area contributed by atoms with E-state index in [9.17, 15) is 14.4 Å². The summed E-state index contributed by atoms with van der Waals surface area (Å²) >= 11 is 0. The molecule has 1 atom stereocenters. The van der Waals surface area contributed by atoms with Crippen molar-refractivity contribution < 1.29 is 33.3 Å². The lowest BCUT2D eigenvalue weighted by atomic mass is 10.1. The van der Waals surface area contributed by atoms with Gasteiger partial charge in [0.2, 0.25) is 5.91 Å². The lowest BCUT2D eigenvalue weighted by molar-refractivity contribution is -0.128. The molecular formula is C23H26N2O7. The third-order valence-corrected chi connectivity index (χ3v) is 5.28. The molecule has 3 rings (SSSR count). The number of imide groups is 1. The summed E-state index contributed by atoms with van der Waals surface area (Å²) in [5, 5.41) is 0. The summed E-state index contributed by atoms with van der Waals surface area (Å²) < 4.78 is 20.8. The second-order valence-electron chi connectivity index (χ2n) is 7.08. The third-order valence-electron chi connectivity index (χ3n) is 5.28. The van der Waals surface area contributed by atoms with E-state index in [0.29, 0.717) is 22.7 Å². The molecule has 1 saturated heterocycles. The fourth-order valence-electron chi connectivity index (χ4n) is 3.54. The van der Waals surface area contributed by atoms with Gasteiger partial charge in [-0.25, -0.2) is 4.90 Å². The normalized spacial score (nSPS) is 15.9. The number of hydrogen-bond acceptors (Lipinski definition) is 7. The zero-order valence-electron chi connectivity index (χ0n) is 18.4. The first-order valence-electron chi connectivity index (χ1n) is 9.95. The third kappa shape index (κ3) is 4.74. The van der Waals surface area contributed by atoms with Crippen LogP contribution in [0.25, 0.3) is 0 Å². The number of anilines is 1. The van der Waals surface area contributed by atoms with E-state index in [1.807, 2.05) is 0 Å². The molecule has 0 spiro atoms. The van der Waals surface area contributed by atoms with Gasteiger partial charge in [-0.15, -0.1) is 0 Å². The highest BCUT2D eigenvalue weighted by Gasteiger charge is 2.45. The van der Waals surface area contributed by atoms with Crippen molar-refractivity contribution >= 4 is 23.4 Å². The van der Waals surface area contributed by atoms with Crippen molar-refractivity contribution in [3.8, 4) is 11.5 Å². The summed E-state index contributed by atoms with van der Waals surface area (Å²) in [5.41, 5.74) is 0.727. The molecule has 2 aromatic rings. The van der Waals surface area contributed by atoms with E-state index in [4.69, 9.17) is 18.9 Å². The van der Waals surface area contributed by atoms with Crippen LogP contribution < -0.4 is 14.4 Å². The highest BCUT2D eigenvalue weighted by Crippen LogP contribution is 2.29. The Morgan fingerprint density at radius 2 is 1.66 bits per heavy atom. The van der Waals surface area contributed by atoms with E-state index >= 15 is 0 Å². The Kier molecular flexibility index (Phi) is 7.45. The van der Waals surface area contributed by atoms with Crippen molar-refractivity contribution in [3.63, 3.8) is 0 Å². The van der Waals surface area contributed by atoms with Crippen molar-refractivity contribution in [1.82, 2.24) is 4.90 Å². The van der Waals surface area contributed by atoms with E-state index in [0.717, 1.165) is 4.90 Å². The molecule has 0 aliphatic carbocycles. The summed E-state index contributed by atoms with van der Waals surface area (Å²) in [5.74, 6) is -0.241. The Labute approximate surface area is 186 Å². The van der Waals surface area contributed by atoms with E-state index in [1.54, 1.807) is 48.5 Å². The summed E-state index contributed by atoms with van der Waals surface area (Å²) in [6.07, 6.45) is -0.928. The maximum absolute atomic E-state index is 13.4. The molecular weight excluding hydrogens is 416 g/mol. The number of methoxy groups -OCH3 is 4. The van der Waals surface area contributed by atoms with Gasteiger partial charge in [0.15, 0.2) is 6.29 Å². The molecule has 0 radical (unpaired) electrons. The summed E-state index contributed by atoms with van der Waals surface area (Å²) in [4.78, 5) is 41.9. The fourth-order valence-corrected chi connectivity index (χ4v) is 3.54. The van der Waals surface area contributed by atoms with Crippen LogP contribution in [0.2, 0.25) is 0 Å². The zero-order chi connectivity index (χ0) is 23.3. The predicted octanol–water partition coefficient (Wildman–Crippen LogP) is 2.10. The Bertz CT molecular complexity index is 973. The van der Waals surface area contributed by atoms with Gasteiger partial charge < -0.3 is 23.8 Å². The molecule has 1 fully saturated rings. The van der Waals surface area contributed by atoms with Gasteiger partial charge in [0.25, 0.3) is 11.8 Å². The van der Waals surface area contributed by atoms with Crippen LogP contribution in [0, 0.1) is 0 Å². The topological polar surface area (TPSA) is 94.6 Å². The first-order chi connectivity index (χ1) is 15.4. The van der Waals surface area contributed by atoms with Gasteiger partial charge in [-0.05, 0) is 42.5 Å². The minimum atomic E-state index is -1.00. The van der Waals surface area contributed by atoms with Crippen LogP contribution in [-0.4, -0.2) is 69.9 Å². The van der Waals surface area contributed by atoms with Crippen LogP contribution in [0.4, 0.5) is 5.69 Å². The van der Waals surface area contributed by atoms with Crippen LogP contribution >= 0.6 is 0 Å². The van der Waals surface area contributed by atoms with E-state index < -0.39 is 30.1 Å². The molecule has 2 aromatic carbocycles. The van der Waals surface area contributed by atoms with Gasteiger partial charge in [0.1, 0.15) is 17.5 Å². The molecule has 1 aliphatic heterocycles. The average Bonchev–Trinajstić information content (AvgIpc) is 3.13. The smallest absolute Gasteiger partial charge is 0.257 e. The largest absolute Gasteiger partial charge is 0.497 e. The van der Waals surface area contributed by atoms with Gasteiger partial charge in [0.05, 0.1) is 32.9 Å². The number of hydrogen-bond donors (Lipinski definition) is 0. The molecule has 0 saturated carbocycles. The minimum Gasteiger partial charge on any atom is -0.497 e. The molecule has 1 heterocycles. The lowest BCUT2D eigenvalue weighted by Crippen LogP contribution is -2.49. The predicted molar refractivity (Wildman–Crippen MR) is 116 cm³/mol. The first-order valence-corrected chi connectivity index (χ1v) is 9.95. The number of amides is 3. The number of carbonyl (C=O) groups is 3. The summed E-state index contributed by atoms with van der Waals surface area (Å²) in [6, 6.07) is 12.2. The van der Waals surface area contributed by atoms with Crippen LogP contribution in [-0.2, 0) is 19.1 Å². The lowest BCUT2D eigenvalue weighted by Gasteiger charge is -2.30. The molecule has 3 amide bonds. The van der Waals surface area contributed by atoms with E-state index in [-0.39, 0.29) is 13.0 Å². The molecule has 170 valence electrons. The molecule has 0 N–H and O–H groups in total. The number of carbonyl (C=O) groups excluding carboxylic acids is 3. The number of nitrogens with zero attached hydrogens (tertiary/aromatic N) is 2. The van der Waals surface area contributed by atoms with Crippen LogP contribution in [0.5, 0.6) is 11.5 Å². The quantitative estimate of drug-likeness (QED) is 0.434. The zero-order valence-corrected chi connectivity index (χ0v) is 18.4. The van der Waals surface area contributed by atoms with Crippen LogP contribution in [0.3, 0.4) is 0 Å². The molecule has 9 nitrogen and oxygen atoms in total. The Balaban J connectivity index is 1.93. The van der Waals surface area contributed by atoms with E-state index in [1.165, 1.54) is 33.3 Å². The highest BCUT2D eigenvalue weighted by atomic mass is 16.7. The van der Waals surface area contributed by atoms with Crippen molar-refractivity contribution in [2.45, 2.75) is 18.8 Å². The van der Waals surface area contributed by atoms with Crippen molar-refractivity contribution in [3.05, 3.63) is 54.1 Å². The van der Waals surface area contributed by atoms with Crippen molar-refractivity contribution in [1.29, 1.82) is 0 Å². The van der Waals surface area contributed by atoms with Crippen molar-refractivity contribution in [2.24, 2.45) is 0 Å². The fraction of sp³-hybridized carbons (Fsp3) is 0.348. The average molecular weight is 442 g/mol. The molecule has 1 aliphatic rings. The Hall–Kier alpha value is -3.43. The second kappa shape index (κ2) is 10.3. The van der Waals surface area contributed by atoms with Gasteiger partial charge >= 0.3 is 0 Å². The van der Waals surface area contributed by atoms with Gasteiger partial charge in [0, 0.05) is 19.8 Å². The molecule has 0 bridgehead atoms. The van der Waals surface area contributed by atoms with Crippen LogP contribution in [0.15, 0.2) is 48.5 Å². The van der Waals surface area contributed by atoms with Gasteiger partial charge in [-0.3, -0.25) is 14.4 Å². The summed E-state index contributed by atoms with van der Waals surface area (Å²) in [6.45, 7) is -0.0385. The number of rotatable bonds is 9. The minimum absolute atomic E-state index is 0.0385. The number of ether oxygens (including phenoxy) is 4. The standard InChI is InChI=1S/C23H26N2O7/c1-29-17-10-8-16(9-11-17)25-20(26)13-19(23(25)28)24(14-21(31-3)32-4)22(27)15-6-5-7-18(12-15)30-2/h5-12,19,21H,13-14H2,1-4H3.